The minimum atomic E-state index is 0.172. The number of rotatable bonds is 6. The fourth-order valence-corrected chi connectivity index (χ4v) is 1.34. The average molecular weight is 205 g/mol. The zero-order valence-corrected chi connectivity index (χ0v) is 9.49. The number of hydrogen-bond donors (Lipinski definition) is 1. The van der Waals surface area contributed by atoms with E-state index in [0.29, 0.717) is 0 Å². The Morgan fingerprint density at radius 2 is 2.20 bits per heavy atom. The van der Waals surface area contributed by atoms with Crippen LogP contribution in [0.15, 0.2) is 36.9 Å². The van der Waals surface area contributed by atoms with Crippen molar-refractivity contribution in [1.29, 1.82) is 0 Å². The van der Waals surface area contributed by atoms with Crippen LogP contribution >= 0.6 is 0 Å². The van der Waals surface area contributed by atoms with Gasteiger partial charge in [-0.3, -0.25) is 0 Å². The third kappa shape index (κ3) is 4.17. The summed E-state index contributed by atoms with van der Waals surface area (Å²) >= 11 is 0. The number of nitrogens with one attached hydrogen (secondary N) is 1. The van der Waals surface area contributed by atoms with Crippen molar-refractivity contribution >= 4 is 0 Å². The van der Waals surface area contributed by atoms with E-state index in [4.69, 9.17) is 4.74 Å². The zero-order chi connectivity index (χ0) is 11.1. The van der Waals surface area contributed by atoms with Gasteiger partial charge in [0.1, 0.15) is 11.9 Å². The van der Waals surface area contributed by atoms with E-state index in [2.05, 4.69) is 31.8 Å². The Balaban J connectivity index is 2.40. The van der Waals surface area contributed by atoms with Crippen LogP contribution in [0.5, 0.6) is 5.75 Å². The summed E-state index contributed by atoms with van der Waals surface area (Å²) in [7, 11) is 0. The first-order valence-electron chi connectivity index (χ1n) is 5.28. The second-order valence-corrected chi connectivity index (χ2v) is 3.64. The van der Waals surface area contributed by atoms with Crippen molar-refractivity contribution in [2.75, 3.05) is 13.1 Å². The molecule has 1 atom stereocenters. The van der Waals surface area contributed by atoms with Crippen molar-refractivity contribution in [3.05, 3.63) is 42.5 Å². The van der Waals surface area contributed by atoms with Gasteiger partial charge in [0.05, 0.1) is 0 Å². The molecule has 1 aromatic carbocycles. The lowest BCUT2D eigenvalue weighted by atomic mass is 10.2. The van der Waals surface area contributed by atoms with Crippen molar-refractivity contribution in [3.63, 3.8) is 0 Å². The Bertz CT molecular complexity index is 309. The molecule has 0 amide bonds. The van der Waals surface area contributed by atoms with Crippen LogP contribution in [0.3, 0.4) is 0 Å². The molecule has 0 saturated heterocycles. The number of benzene rings is 1. The summed E-state index contributed by atoms with van der Waals surface area (Å²) in [5, 5.41) is 3.23. The summed E-state index contributed by atoms with van der Waals surface area (Å²) in [5.41, 5.74) is 1.17. The summed E-state index contributed by atoms with van der Waals surface area (Å²) in [6.45, 7) is 9.42. The Morgan fingerprint density at radius 3 is 2.87 bits per heavy atom. The highest BCUT2D eigenvalue weighted by molar-refractivity contribution is 5.31. The molecule has 0 saturated carbocycles. The van der Waals surface area contributed by atoms with Crippen LogP contribution in [0.2, 0.25) is 0 Å². The van der Waals surface area contributed by atoms with Gasteiger partial charge in [0.15, 0.2) is 0 Å². The highest BCUT2D eigenvalue weighted by atomic mass is 16.5. The molecule has 0 aliphatic rings. The van der Waals surface area contributed by atoms with Crippen LogP contribution in [0, 0.1) is 6.92 Å². The third-order valence-corrected chi connectivity index (χ3v) is 2.14. The normalized spacial score (nSPS) is 12.1. The fourth-order valence-electron chi connectivity index (χ4n) is 1.34. The van der Waals surface area contributed by atoms with Crippen molar-refractivity contribution in [2.45, 2.75) is 20.0 Å². The third-order valence-electron chi connectivity index (χ3n) is 2.14. The van der Waals surface area contributed by atoms with E-state index >= 15 is 0 Å². The van der Waals surface area contributed by atoms with Gasteiger partial charge in [-0.15, -0.1) is 6.58 Å². The molecular weight excluding hydrogens is 186 g/mol. The summed E-state index contributed by atoms with van der Waals surface area (Å²) in [6, 6.07) is 8.06. The molecule has 0 aromatic heterocycles. The molecule has 0 spiro atoms. The Kier molecular flexibility index (Phi) is 4.91. The molecule has 1 unspecified atom stereocenters. The second kappa shape index (κ2) is 6.25. The van der Waals surface area contributed by atoms with Crippen LogP contribution in [0.1, 0.15) is 12.5 Å². The van der Waals surface area contributed by atoms with Gasteiger partial charge in [0, 0.05) is 13.1 Å². The molecule has 0 aliphatic carbocycles. The van der Waals surface area contributed by atoms with E-state index in [9.17, 15) is 0 Å². The monoisotopic (exact) mass is 205 g/mol. The highest BCUT2D eigenvalue weighted by Gasteiger charge is 2.04. The molecule has 0 aliphatic heterocycles. The summed E-state index contributed by atoms with van der Waals surface area (Å²) < 4.78 is 5.79. The van der Waals surface area contributed by atoms with Crippen LogP contribution < -0.4 is 10.1 Å². The van der Waals surface area contributed by atoms with Gasteiger partial charge >= 0.3 is 0 Å². The minimum absolute atomic E-state index is 0.172. The smallest absolute Gasteiger partial charge is 0.122 e. The Morgan fingerprint density at radius 1 is 1.47 bits per heavy atom. The van der Waals surface area contributed by atoms with Gasteiger partial charge in [-0.1, -0.05) is 24.3 Å². The standard InChI is InChI=1S/C13H19NO/c1-4-9-14-10-12(3)15-13-8-6-5-7-11(13)2/h4-8,12,14H,1,9-10H2,2-3H3. The predicted octanol–water partition coefficient (Wildman–Crippen LogP) is 2.54. The van der Waals surface area contributed by atoms with E-state index in [-0.39, 0.29) is 6.10 Å². The van der Waals surface area contributed by atoms with Crippen LogP contribution in [0.4, 0.5) is 0 Å². The Hall–Kier alpha value is -1.28. The molecule has 0 heterocycles. The SMILES string of the molecule is C=CCNCC(C)Oc1ccccc1C. The quantitative estimate of drug-likeness (QED) is 0.569. The zero-order valence-electron chi connectivity index (χ0n) is 9.49. The predicted molar refractivity (Wildman–Crippen MR) is 64.3 cm³/mol. The molecule has 0 bridgehead atoms. The molecule has 15 heavy (non-hydrogen) atoms. The van der Waals surface area contributed by atoms with E-state index in [0.717, 1.165) is 18.8 Å². The lowest BCUT2D eigenvalue weighted by molar-refractivity contribution is 0.217. The lowest BCUT2D eigenvalue weighted by Crippen LogP contribution is -2.29. The molecule has 1 aromatic rings. The van der Waals surface area contributed by atoms with Gasteiger partial charge in [-0.2, -0.15) is 0 Å². The molecule has 0 radical (unpaired) electrons. The van der Waals surface area contributed by atoms with Gasteiger partial charge in [-0.05, 0) is 25.5 Å². The number of hydrogen-bond acceptors (Lipinski definition) is 2. The van der Waals surface area contributed by atoms with E-state index < -0.39 is 0 Å². The Labute approximate surface area is 92.0 Å². The lowest BCUT2D eigenvalue weighted by Gasteiger charge is -2.16. The first-order chi connectivity index (χ1) is 7.24. The first kappa shape index (κ1) is 11.8. The summed E-state index contributed by atoms with van der Waals surface area (Å²) in [4.78, 5) is 0. The molecule has 1 N–H and O–H groups in total. The molecular formula is C13H19NO. The van der Waals surface area contributed by atoms with Crippen LogP contribution in [0.25, 0.3) is 0 Å². The summed E-state index contributed by atoms with van der Waals surface area (Å²) in [5.74, 6) is 0.963. The highest BCUT2D eigenvalue weighted by Crippen LogP contribution is 2.17. The van der Waals surface area contributed by atoms with Crippen LogP contribution in [-0.4, -0.2) is 19.2 Å². The van der Waals surface area contributed by atoms with Crippen molar-refractivity contribution in [2.24, 2.45) is 0 Å². The largest absolute Gasteiger partial charge is 0.489 e. The molecule has 82 valence electrons. The van der Waals surface area contributed by atoms with Gasteiger partial charge in [0.25, 0.3) is 0 Å². The van der Waals surface area contributed by atoms with Crippen molar-refractivity contribution in [1.82, 2.24) is 5.32 Å². The van der Waals surface area contributed by atoms with E-state index in [1.165, 1.54) is 5.56 Å². The van der Waals surface area contributed by atoms with E-state index in [1.54, 1.807) is 0 Å². The maximum atomic E-state index is 5.79. The average Bonchev–Trinajstić information content (AvgIpc) is 2.22. The van der Waals surface area contributed by atoms with Crippen LogP contribution in [-0.2, 0) is 0 Å². The topological polar surface area (TPSA) is 21.3 Å². The first-order valence-corrected chi connectivity index (χ1v) is 5.28. The molecule has 1 rings (SSSR count). The second-order valence-electron chi connectivity index (χ2n) is 3.64. The number of aryl methyl sites for hydroxylation is 1. The molecule has 2 nitrogen and oxygen atoms in total. The number of ether oxygens (including phenoxy) is 1. The molecule has 0 fully saturated rings. The van der Waals surface area contributed by atoms with Crippen molar-refractivity contribution in [3.8, 4) is 5.75 Å². The number of para-hydroxylation sites is 1. The van der Waals surface area contributed by atoms with Gasteiger partial charge in [0.2, 0.25) is 0 Å². The molecule has 2 heteroatoms. The summed E-state index contributed by atoms with van der Waals surface area (Å²) in [6.07, 6.45) is 2.02. The maximum absolute atomic E-state index is 5.79. The fraction of sp³-hybridized carbons (Fsp3) is 0.385. The minimum Gasteiger partial charge on any atom is -0.489 e. The van der Waals surface area contributed by atoms with Gasteiger partial charge in [-0.25, -0.2) is 0 Å². The maximum Gasteiger partial charge on any atom is 0.122 e. The van der Waals surface area contributed by atoms with Crippen molar-refractivity contribution < 1.29 is 4.74 Å². The van der Waals surface area contributed by atoms with Gasteiger partial charge < -0.3 is 10.1 Å². The van der Waals surface area contributed by atoms with E-state index in [1.807, 2.05) is 24.3 Å².